The van der Waals surface area contributed by atoms with Crippen molar-refractivity contribution in [3.63, 3.8) is 0 Å². The molecule has 8 nitrogen and oxygen atoms in total. The summed E-state index contributed by atoms with van der Waals surface area (Å²) in [5, 5.41) is 9.76. The summed E-state index contributed by atoms with van der Waals surface area (Å²) in [7, 11) is 1.49. The van der Waals surface area contributed by atoms with E-state index < -0.39 is 5.91 Å². The summed E-state index contributed by atoms with van der Waals surface area (Å²) in [6.45, 7) is 2.06. The number of furan rings is 1. The van der Waals surface area contributed by atoms with Crippen LogP contribution in [0.5, 0.6) is 11.5 Å². The van der Waals surface area contributed by atoms with Crippen molar-refractivity contribution in [2.45, 2.75) is 19.8 Å². The van der Waals surface area contributed by atoms with Crippen LogP contribution < -0.4 is 20.3 Å². The van der Waals surface area contributed by atoms with E-state index in [4.69, 9.17) is 19.2 Å². The molecule has 0 unspecified atom stereocenters. The fourth-order valence-corrected chi connectivity index (χ4v) is 2.91. The molecule has 30 heavy (non-hydrogen) atoms. The molecule has 0 aliphatic heterocycles. The first kappa shape index (κ1) is 20.7. The van der Waals surface area contributed by atoms with E-state index in [-0.39, 0.29) is 24.7 Å². The minimum absolute atomic E-state index is 0.151. The van der Waals surface area contributed by atoms with Gasteiger partial charge in [-0.15, -0.1) is 0 Å². The Morgan fingerprint density at radius 3 is 2.67 bits per heavy atom. The quantitative estimate of drug-likeness (QED) is 0.459. The van der Waals surface area contributed by atoms with Crippen LogP contribution in [0.3, 0.4) is 0 Å². The number of ether oxygens (including phenoxy) is 2. The molecule has 0 saturated heterocycles. The van der Waals surface area contributed by atoms with Gasteiger partial charge in [-0.05, 0) is 31.5 Å². The molecule has 0 radical (unpaired) electrons. The van der Waals surface area contributed by atoms with Gasteiger partial charge in [-0.1, -0.05) is 18.2 Å². The Kier molecular flexibility index (Phi) is 6.55. The highest BCUT2D eigenvalue weighted by Gasteiger charge is 2.17. The van der Waals surface area contributed by atoms with Crippen LogP contribution in [0.4, 0.5) is 0 Å². The molecule has 0 aliphatic rings. The smallest absolute Gasteiger partial charge is 0.305 e. The highest BCUT2D eigenvalue weighted by atomic mass is 16.5. The lowest BCUT2D eigenvalue weighted by atomic mass is 10.1. The first-order valence-corrected chi connectivity index (χ1v) is 9.31. The number of rotatable bonds is 7. The Balaban J connectivity index is 1.44. The molecule has 0 aliphatic carbocycles. The van der Waals surface area contributed by atoms with Crippen LogP contribution in [-0.2, 0) is 4.79 Å². The molecule has 3 aromatic rings. The van der Waals surface area contributed by atoms with Gasteiger partial charge >= 0.3 is 5.91 Å². The number of hydrogen-bond donors (Lipinski definition) is 2. The first-order valence-electron chi connectivity index (χ1n) is 9.31. The standard InChI is InChI=1S/C22H21N3O5/c1-14-16-6-3-4-7-17(16)30-21(14)22(27)25-24-20(26)8-5-11-29-18-10-9-15(13-23)12-19(18)28-2/h3-4,6-7,9-10,12H,5,8,11H2,1-2H3,(H,24,26)(H,25,27). The van der Waals surface area contributed by atoms with E-state index in [0.29, 0.717) is 34.6 Å². The molecular weight excluding hydrogens is 386 g/mol. The summed E-state index contributed by atoms with van der Waals surface area (Å²) >= 11 is 0. The third-order valence-electron chi connectivity index (χ3n) is 4.46. The van der Waals surface area contributed by atoms with Crippen molar-refractivity contribution in [3.05, 3.63) is 59.4 Å². The van der Waals surface area contributed by atoms with Crippen molar-refractivity contribution in [1.82, 2.24) is 10.9 Å². The molecule has 1 aromatic heterocycles. The molecule has 0 spiro atoms. The van der Waals surface area contributed by atoms with Gasteiger partial charge in [0.2, 0.25) is 5.91 Å². The lowest BCUT2D eigenvalue weighted by Gasteiger charge is -2.11. The highest BCUT2D eigenvalue weighted by Crippen LogP contribution is 2.28. The third kappa shape index (κ3) is 4.70. The number of hydrazine groups is 1. The van der Waals surface area contributed by atoms with Crippen molar-refractivity contribution < 1.29 is 23.5 Å². The number of methoxy groups -OCH3 is 1. The number of para-hydroxylation sites is 1. The Morgan fingerprint density at radius 1 is 1.13 bits per heavy atom. The van der Waals surface area contributed by atoms with Crippen LogP contribution in [0.1, 0.15) is 34.5 Å². The number of nitriles is 1. The van der Waals surface area contributed by atoms with E-state index in [2.05, 4.69) is 10.9 Å². The number of carbonyl (C=O) groups is 2. The Labute approximate surface area is 173 Å². The second-order valence-electron chi connectivity index (χ2n) is 6.48. The van der Waals surface area contributed by atoms with Crippen molar-refractivity contribution >= 4 is 22.8 Å². The maximum Gasteiger partial charge on any atom is 0.305 e. The summed E-state index contributed by atoms with van der Waals surface area (Å²) < 4.78 is 16.4. The van der Waals surface area contributed by atoms with Crippen LogP contribution in [0.15, 0.2) is 46.9 Å². The molecule has 0 atom stereocenters. The topological polar surface area (TPSA) is 114 Å². The van der Waals surface area contributed by atoms with Crippen molar-refractivity contribution in [2.75, 3.05) is 13.7 Å². The molecule has 154 valence electrons. The van der Waals surface area contributed by atoms with E-state index in [9.17, 15) is 9.59 Å². The van der Waals surface area contributed by atoms with E-state index >= 15 is 0 Å². The fraction of sp³-hybridized carbons (Fsp3) is 0.227. The van der Waals surface area contributed by atoms with Gasteiger partial charge in [0.25, 0.3) is 0 Å². The zero-order chi connectivity index (χ0) is 21.5. The van der Waals surface area contributed by atoms with Crippen LogP contribution in [0.2, 0.25) is 0 Å². The van der Waals surface area contributed by atoms with Gasteiger partial charge in [0, 0.05) is 23.4 Å². The average Bonchev–Trinajstić information content (AvgIpc) is 3.11. The van der Waals surface area contributed by atoms with Crippen molar-refractivity contribution in [2.24, 2.45) is 0 Å². The third-order valence-corrected chi connectivity index (χ3v) is 4.46. The summed E-state index contributed by atoms with van der Waals surface area (Å²) in [5.74, 6) is 0.230. The normalized spacial score (nSPS) is 10.3. The number of fused-ring (bicyclic) bond motifs is 1. The minimum Gasteiger partial charge on any atom is -0.493 e. The second kappa shape index (κ2) is 9.47. The van der Waals surface area contributed by atoms with Crippen LogP contribution in [0, 0.1) is 18.3 Å². The fourth-order valence-electron chi connectivity index (χ4n) is 2.91. The van der Waals surface area contributed by atoms with Crippen LogP contribution in [-0.4, -0.2) is 25.5 Å². The Hall–Kier alpha value is -3.99. The van der Waals surface area contributed by atoms with Gasteiger partial charge in [-0.25, -0.2) is 0 Å². The van der Waals surface area contributed by atoms with Gasteiger partial charge < -0.3 is 13.9 Å². The Morgan fingerprint density at radius 2 is 1.93 bits per heavy atom. The number of aryl methyl sites for hydroxylation is 1. The predicted molar refractivity (Wildman–Crippen MR) is 109 cm³/mol. The zero-order valence-electron chi connectivity index (χ0n) is 16.7. The molecular formula is C22H21N3O5. The molecule has 0 saturated carbocycles. The van der Waals surface area contributed by atoms with E-state index in [1.54, 1.807) is 31.2 Å². The summed E-state index contributed by atoms with van der Waals surface area (Å²) in [6, 6.07) is 14.2. The molecule has 2 N–H and O–H groups in total. The molecule has 0 bridgehead atoms. The molecule has 0 fully saturated rings. The number of carbonyl (C=O) groups excluding carboxylic acids is 2. The predicted octanol–water partition coefficient (Wildman–Crippen LogP) is 3.24. The van der Waals surface area contributed by atoms with E-state index in [1.807, 2.05) is 24.3 Å². The monoisotopic (exact) mass is 407 g/mol. The number of amides is 2. The van der Waals surface area contributed by atoms with E-state index in [1.165, 1.54) is 7.11 Å². The SMILES string of the molecule is COc1cc(C#N)ccc1OCCCC(=O)NNC(=O)c1oc2ccccc2c1C. The van der Waals surface area contributed by atoms with Gasteiger partial charge in [0.1, 0.15) is 5.58 Å². The lowest BCUT2D eigenvalue weighted by Crippen LogP contribution is -2.41. The van der Waals surface area contributed by atoms with Gasteiger partial charge in [0.15, 0.2) is 17.3 Å². The number of nitrogens with zero attached hydrogens (tertiary/aromatic N) is 1. The van der Waals surface area contributed by atoms with Gasteiger partial charge in [-0.3, -0.25) is 20.4 Å². The summed E-state index contributed by atoms with van der Waals surface area (Å²) in [4.78, 5) is 24.3. The maximum atomic E-state index is 12.3. The van der Waals surface area contributed by atoms with Crippen LogP contribution >= 0.6 is 0 Å². The van der Waals surface area contributed by atoms with Crippen LogP contribution in [0.25, 0.3) is 11.0 Å². The molecule has 8 heteroatoms. The summed E-state index contributed by atoms with van der Waals surface area (Å²) in [6.07, 6.45) is 0.576. The number of nitrogens with one attached hydrogen (secondary N) is 2. The number of hydrogen-bond acceptors (Lipinski definition) is 6. The Bertz CT molecular complexity index is 1110. The number of benzene rings is 2. The molecule has 2 aromatic carbocycles. The highest BCUT2D eigenvalue weighted by molar-refractivity contribution is 5.99. The largest absolute Gasteiger partial charge is 0.493 e. The molecule has 2 amide bonds. The average molecular weight is 407 g/mol. The zero-order valence-corrected chi connectivity index (χ0v) is 16.7. The van der Waals surface area contributed by atoms with Crippen molar-refractivity contribution in [1.29, 1.82) is 5.26 Å². The molecule has 1 heterocycles. The maximum absolute atomic E-state index is 12.3. The summed E-state index contributed by atoms with van der Waals surface area (Å²) in [5.41, 5.74) is 6.53. The van der Waals surface area contributed by atoms with E-state index in [0.717, 1.165) is 5.39 Å². The lowest BCUT2D eigenvalue weighted by molar-refractivity contribution is -0.122. The van der Waals surface area contributed by atoms with Crippen molar-refractivity contribution in [3.8, 4) is 17.6 Å². The van der Waals surface area contributed by atoms with Gasteiger partial charge in [0.05, 0.1) is 25.3 Å². The molecule has 3 rings (SSSR count). The first-order chi connectivity index (χ1) is 14.5. The second-order valence-corrected chi connectivity index (χ2v) is 6.48. The van der Waals surface area contributed by atoms with Gasteiger partial charge in [-0.2, -0.15) is 5.26 Å². The minimum atomic E-state index is -0.518.